The van der Waals surface area contributed by atoms with Gasteiger partial charge < -0.3 is 15.3 Å². The molecule has 0 aromatic heterocycles. The van der Waals surface area contributed by atoms with E-state index in [1.807, 2.05) is 0 Å². The van der Waals surface area contributed by atoms with E-state index in [-0.39, 0.29) is 18.1 Å². The molecule has 1 aliphatic rings. The molecular formula is C8H16N2O3. The Labute approximate surface area is 77.4 Å². The molecule has 0 saturated carbocycles. The van der Waals surface area contributed by atoms with Gasteiger partial charge in [-0.1, -0.05) is 0 Å². The van der Waals surface area contributed by atoms with Gasteiger partial charge in [0.05, 0.1) is 6.61 Å². The lowest BCUT2D eigenvalue weighted by Gasteiger charge is -2.27. The van der Waals surface area contributed by atoms with Crippen LogP contribution in [0.4, 0.5) is 0 Å². The molecule has 0 aromatic rings. The van der Waals surface area contributed by atoms with E-state index in [0.717, 1.165) is 6.42 Å². The quantitative estimate of drug-likeness (QED) is 0.417. The number of hydrogen-bond acceptors (Lipinski definition) is 5. The van der Waals surface area contributed by atoms with Gasteiger partial charge in [-0.3, -0.25) is 4.79 Å². The maximum Gasteiger partial charge on any atom is 0.323 e. The first-order valence-electron chi connectivity index (χ1n) is 4.57. The highest BCUT2D eigenvalue weighted by atomic mass is 16.5. The van der Waals surface area contributed by atoms with Crippen molar-refractivity contribution in [3.05, 3.63) is 0 Å². The Balaban J connectivity index is 2.28. The number of carbonyl (C=O) groups is 1. The SMILES string of the molecule is CCOC(=O)[C@@H]1CC[C@@H](NO)CN1. The van der Waals surface area contributed by atoms with Gasteiger partial charge in [-0.2, -0.15) is 0 Å². The fourth-order valence-corrected chi connectivity index (χ4v) is 1.41. The lowest BCUT2D eigenvalue weighted by molar-refractivity contribution is -0.146. The summed E-state index contributed by atoms with van der Waals surface area (Å²) in [6, 6.07) is -0.157. The number of hydroxylamine groups is 1. The fourth-order valence-electron chi connectivity index (χ4n) is 1.41. The molecule has 2 atom stereocenters. The van der Waals surface area contributed by atoms with Crippen molar-refractivity contribution in [1.82, 2.24) is 10.8 Å². The van der Waals surface area contributed by atoms with Crippen LogP contribution in [0.15, 0.2) is 0 Å². The molecule has 1 rings (SSSR count). The molecule has 0 radical (unpaired) electrons. The summed E-state index contributed by atoms with van der Waals surface area (Å²) in [5.41, 5.74) is 2.18. The zero-order chi connectivity index (χ0) is 9.68. The van der Waals surface area contributed by atoms with E-state index in [1.54, 1.807) is 6.92 Å². The van der Waals surface area contributed by atoms with E-state index >= 15 is 0 Å². The lowest BCUT2D eigenvalue weighted by Crippen LogP contribution is -2.50. The van der Waals surface area contributed by atoms with Crippen LogP contribution >= 0.6 is 0 Å². The summed E-state index contributed by atoms with van der Waals surface area (Å²) in [4.78, 5) is 11.2. The van der Waals surface area contributed by atoms with Crippen LogP contribution in [0.1, 0.15) is 19.8 Å². The van der Waals surface area contributed by atoms with Gasteiger partial charge in [0.25, 0.3) is 0 Å². The van der Waals surface area contributed by atoms with E-state index in [1.165, 1.54) is 0 Å². The largest absolute Gasteiger partial charge is 0.465 e. The number of carbonyl (C=O) groups excluding carboxylic acids is 1. The average molecular weight is 188 g/mol. The predicted molar refractivity (Wildman–Crippen MR) is 46.4 cm³/mol. The first-order valence-corrected chi connectivity index (χ1v) is 4.57. The summed E-state index contributed by atoms with van der Waals surface area (Å²) in [5, 5.41) is 11.6. The molecule has 1 saturated heterocycles. The van der Waals surface area contributed by atoms with Crippen LogP contribution in [0.25, 0.3) is 0 Å². The van der Waals surface area contributed by atoms with Gasteiger partial charge in [-0.15, -0.1) is 0 Å². The van der Waals surface area contributed by atoms with Crippen molar-refractivity contribution in [2.75, 3.05) is 13.2 Å². The molecule has 0 aromatic carbocycles. The van der Waals surface area contributed by atoms with E-state index in [0.29, 0.717) is 19.6 Å². The third-order valence-electron chi connectivity index (χ3n) is 2.17. The molecule has 0 unspecified atom stereocenters. The molecule has 0 amide bonds. The second-order valence-corrected chi connectivity index (χ2v) is 3.12. The Bertz CT molecular complexity index is 167. The smallest absolute Gasteiger partial charge is 0.323 e. The van der Waals surface area contributed by atoms with Crippen molar-refractivity contribution in [3.63, 3.8) is 0 Å². The van der Waals surface area contributed by atoms with Gasteiger partial charge in [0, 0.05) is 12.6 Å². The normalized spacial score (nSPS) is 28.5. The van der Waals surface area contributed by atoms with Gasteiger partial charge in [0.1, 0.15) is 6.04 Å². The summed E-state index contributed by atoms with van der Waals surface area (Å²) in [6.07, 6.45) is 1.49. The fraction of sp³-hybridized carbons (Fsp3) is 0.875. The van der Waals surface area contributed by atoms with Gasteiger partial charge in [-0.25, -0.2) is 5.48 Å². The Kier molecular flexibility index (Phi) is 4.14. The molecule has 5 heteroatoms. The summed E-state index contributed by atoms with van der Waals surface area (Å²) >= 11 is 0. The zero-order valence-electron chi connectivity index (χ0n) is 7.75. The van der Waals surface area contributed by atoms with Gasteiger partial charge >= 0.3 is 5.97 Å². The molecule has 13 heavy (non-hydrogen) atoms. The Morgan fingerprint density at radius 1 is 1.69 bits per heavy atom. The molecule has 5 nitrogen and oxygen atoms in total. The van der Waals surface area contributed by atoms with Crippen LogP contribution in [0.2, 0.25) is 0 Å². The number of ether oxygens (including phenoxy) is 1. The molecule has 0 aliphatic carbocycles. The Hall–Kier alpha value is -0.650. The van der Waals surface area contributed by atoms with Crippen LogP contribution in [0.5, 0.6) is 0 Å². The van der Waals surface area contributed by atoms with Gasteiger partial charge in [-0.05, 0) is 19.8 Å². The average Bonchev–Trinajstić information content (AvgIpc) is 2.18. The minimum absolute atomic E-state index is 0.0469. The Morgan fingerprint density at radius 3 is 2.92 bits per heavy atom. The van der Waals surface area contributed by atoms with Crippen molar-refractivity contribution < 1.29 is 14.7 Å². The number of nitrogens with one attached hydrogen (secondary N) is 2. The molecule has 0 bridgehead atoms. The second kappa shape index (κ2) is 5.16. The highest BCUT2D eigenvalue weighted by molar-refractivity contribution is 5.75. The number of piperidine rings is 1. The summed E-state index contributed by atoms with van der Waals surface area (Å²) in [7, 11) is 0. The molecule has 1 fully saturated rings. The third-order valence-corrected chi connectivity index (χ3v) is 2.17. The molecule has 1 heterocycles. The van der Waals surface area contributed by atoms with Crippen molar-refractivity contribution in [1.29, 1.82) is 0 Å². The third kappa shape index (κ3) is 2.95. The number of rotatable bonds is 3. The van der Waals surface area contributed by atoms with E-state index in [9.17, 15) is 4.79 Å². The van der Waals surface area contributed by atoms with Gasteiger partial charge in [0.15, 0.2) is 0 Å². The summed E-state index contributed by atoms with van der Waals surface area (Å²) in [6.45, 7) is 2.80. The van der Waals surface area contributed by atoms with Crippen LogP contribution in [0, 0.1) is 0 Å². The summed E-state index contributed by atoms with van der Waals surface area (Å²) in [5.74, 6) is -0.195. The van der Waals surface area contributed by atoms with Crippen LogP contribution in [-0.4, -0.2) is 36.4 Å². The number of hydrogen-bond donors (Lipinski definition) is 3. The first kappa shape index (κ1) is 10.4. The maximum atomic E-state index is 11.2. The zero-order valence-corrected chi connectivity index (χ0v) is 7.75. The molecular weight excluding hydrogens is 172 g/mol. The van der Waals surface area contributed by atoms with Crippen LogP contribution in [-0.2, 0) is 9.53 Å². The maximum absolute atomic E-state index is 11.2. The standard InChI is InChI=1S/C8H16N2O3/c1-2-13-8(11)7-4-3-6(10-12)5-9-7/h6-7,9-10,12H,2-5H2,1H3/t6-,7+/m1/s1. The summed E-state index contributed by atoms with van der Waals surface area (Å²) < 4.78 is 4.87. The highest BCUT2D eigenvalue weighted by Crippen LogP contribution is 2.08. The Morgan fingerprint density at radius 2 is 2.46 bits per heavy atom. The molecule has 0 spiro atoms. The first-order chi connectivity index (χ1) is 6.27. The van der Waals surface area contributed by atoms with Crippen LogP contribution < -0.4 is 10.8 Å². The van der Waals surface area contributed by atoms with E-state index in [2.05, 4.69) is 10.8 Å². The van der Waals surface area contributed by atoms with E-state index < -0.39 is 0 Å². The van der Waals surface area contributed by atoms with Crippen molar-refractivity contribution in [2.45, 2.75) is 31.8 Å². The van der Waals surface area contributed by atoms with Crippen molar-refractivity contribution in [3.8, 4) is 0 Å². The number of esters is 1. The molecule has 1 aliphatic heterocycles. The minimum Gasteiger partial charge on any atom is -0.465 e. The van der Waals surface area contributed by atoms with Gasteiger partial charge in [0.2, 0.25) is 0 Å². The van der Waals surface area contributed by atoms with Crippen molar-refractivity contribution in [2.24, 2.45) is 0 Å². The predicted octanol–water partition coefficient (Wildman–Crippen LogP) is -0.351. The monoisotopic (exact) mass is 188 g/mol. The highest BCUT2D eigenvalue weighted by Gasteiger charge is 2.25. The minimum atomic E-state index is -0.204. The lowest BCUT2D eigenvalue weighted by atomic mass is 10.0. The van der Waals surface area contributed by atoms with E-state index in [4.69, 9.17) is 9.94 Å². The van der Waals surface area contributed by atoms with Crippen molar-refractivity contribution >= 4 is 5.97 Å². The molecule has 76 valence electrons. The topological polar surface area (TPSA) is 70.6 Å². The molecule has 3 N–H and O–H groups in total. The second-order valence-electron chi connectivity index (χ2n) is 3.12. The van der Waals surface area contributed by atoms with Crippen LogP contribution in [0.3, 0.4) is 0 Å².